The summed E-state index contributed by atoms with van der Waals surface area (Å²) < 4.78 is 10.6. The summed E-state index contributed by atoms with van der Waals surface area (Å²) in [6, 6.07) is 14.9. The summed E-state index contributed by atoms with van der Waals surface area (Å²) in [6.45, 7) is 0. The van der Waals surface area contributed by atoms with Crippen molar-refractivity contribution in [1.82, 2.24) is 9.97 Å². The Bertz CT molecular complexity index is 852. The second kappa shape index (κ2) is 6.87. The van der Waals surface area contributed by atoms with Crippen LogP contribution in [0.4, 0.5) is 17.2 Å². The van der Waals surface area contributed by atoms with Gasteiger partial charge in [-0.15, -0.1) is 0 Å². The van der Waals surface area contributed by atoms with Gasteiger partial charge in [-0.25, -0.2) is 9.97 Å². The number of aromatic nitrogens is 2. The van der Waals surface area contributed by atoms with E-state index in [1.807, 2.05) is 48.5 Å². The molecule has 0 fully saturated rings. The van der Waals surface area contributed by atoms with E-state index >= 15 is 0 Å². The third-order valence-corrected chi connectivity index (χ3v) is 3.57. The van der Waals surface area contributed by atoms with Crippen molar-refractivity contribution in [2.24, 2.45) is 0 Å². The second-order valence-corrected chi connectivity index (χ2v) is 5.07. The fourth-order valence-electron chi connectivity index (χ4n) is 2.35. The van der Waals surface area contributed by atoms with Gasteiger partial charge in [0, 0.05) is 23.4 Å². The summed E-state index contributed by atoms with van der Waals surface area (Å²) in [5, 5.41) is 3.23. The first-order valence-electron chi connectivity index (χ1n) is 7.37. The van der Waals surface area contributed by atoms with Crippen LogP contribution in [0.2, 0.25) is 0 Å². The van der Waals surface area contributed by atoms with E-state index < -0.39 is 0 Å². The molecule has 0 amide bonds. The van der Waals surface area contributed by atoms with Crippen molar-refractivity contribution in [2.45, 2.75) is 0 Å². The number of benzene rings is 2. The highest BCUT2D eigenvalue weighted by atomic mass is 16.5. The van der Waals surface area contributed by atoms with Gasteiger partial charge in [0.05, 0.1) is 25.6 Å². The maximum absolute atomic E-state index is 6.02. The molecule has 0 aliphatic heterocycles. The molecule has 6 nitrogen and oxygen atoms in total. The van der Waals surface area contributed by atoms with Crippen molar-refractivity contribution in [3.8, 4) is 22.8 Å². The molecule has 0 saturated heterocycles. The minimum Gasteiger partial charge on any atom is -0.497 e. The lowest BCUT2D eigenvalue weighted by atomic mass is 10.1. The van der Waals surface area contributed by atoms with E-state index in [0.29, 0.717) is 17.3 Å². The van der Waals surface area contributed by atoms with Crippen LogP contribution in [0.25, 0.3) is 11.3 Å². The number of hydrogen-bond acceptors (Lipinski definition) is 6. The molecule has 0 aliphatic rings. The summed E-state index contributed by atoms with van der Waals surface area (Å²) in [7, 11) is 3.23. The van der Waals surface area contributed by atoms with Crippen molar-refractivity contribution < 1.29 is 9.47 Å². The molecule has 0 aliphatic carbocycles. The molecule has 0 bridgehead atoms. The lowest BCUT2D eigenvalue weighted by molar-refractivity contribution is 0.405. The minimum atomic E-state index is 0.634. The molecular weight excluding hydrogens is 304 g/mol. The van der Waals surface area contributed by atoms with Crippen LogP contribution in [-0.4, -0.2) is 24.2 Å². The zero-order chi connectivity index (χ0) is 16.9. The molecule has 0 spiro atoms. The van der Waals surface area contributed by atoms with Crippen molar-refractivity contribution in [3.63, 3.8) is 0 Å². The number of rotatable bonds is 5. The predicted octanol–water partition coefficient (Wildman–Crippen LogP) is 3.49. The Kier molecular flexibility index (Phi) is 4.47. The number of para-hydroxylation sites is 1. The number of anilines is 3. The zero-order valence-electron chi connectivity index (χ0n) is 13.5. The first kappa shape index (κ1) is 15.6. The van der Waals surface area contributed by atoms with Crippen LogP contribution in [0, 0.1) is 0 Å². The summed E-state index contributed by atoms with van der Waals surface area (Å²) in [4.78, 5) is 8.56. The van der Waals surface area contributed by atoms with Crippen LogP contribution >= 0.6 is 0 Å². The standard InChI is InChI=1S/C18H18N4O2/c1-23-12-7-8-17(24-2)16(9-12)22-18-10-15(20-11-21-18)13-5-3-4-6-14(13)19/h3-11H,19H2,1-2H3,(H,20,21,22). The number of nitrogens with zero attached hydrogens (tertiary/aromatic N) is 2. The molecule has 1 heterocycles. The summed E-state index contributed by atoms with van der Waals surface area (Å²) >= 11 is 0. The van der Waals surface area contributed by atoms with Crippen LogP contribution in [-0.2, 0) is 0 Å². The van der Waals surface area contributed by atoms with Gasteiger partial charge in [0.1, 0.15) is 23.6 Å². The third kappa shape index (κ3) is 3.22. The Morgan fingerprint density at radius 1 is 0.958 bits per heavy atom. The van der Waals surface area contributed by atoms with E-state index in [1.165, 1.54) is 6.33 Å². The van der Waals surface area contributed by atoms with Crippen molar-refractivity contribution in [1.29, 1.82) is 0 Å². The quantitative estimate of drug-likeness (QED) is 0.700. The fraction of sp³-hybridized carbons (Fsp3) is 0.111. The van der Waals surface area contributed by atoms with Crippen molar-refractivity contribution >= 4 is 17.2 Å². The summed E-state index contributed by atoms with van der Waals surface area (Å²) in [5.74, 6) is 2.05. The first-order chi connectivity index (χ1) is 11.7. The van der Waals surface area contributed by atoms with E-state index in [9.17, 15) is 0 Å². The van der Waals surface area contributed by atoms with E-state index in [4.69, 9.17) is 15.2 Å². The summed E-state index contributed by atoms with van der Waals surface area (Å²) in [5.41, 5.74) is 9.05. The van der Waals surface area contributed by atoms with Gasteiger partial charge < -0.3 is 20.5 Å². The molecule has 0 radical (unpaired) electrons. The van der Waals surface area contributed by atoms with Gasteiger partial charge in [-0.1, -0.05) is 18.2 Å². The van der Waals surface area contributed by atoms with Crippen LogP contribution in [0.15, 0.2) is 54.9 Å². The monoisotopic (exact) mass is 322 g/mol. The second-order valence-electron chi connectivity index (χ2n) is 5.07. The third-order valence-electron chi connectivity index (χ3n) is 3.57. The highest BCUT2D eigenvalue weighted by molar-refractivity contribution is 5.76. The highest BCUT2D eigenvalue weighted by Gasteiger charge is 2.09. The SMILES string of the molecule is COc1ccc(OC)c(Nc2cc(-c3ccccc3N)ncn2)c1. The van der Waals surface area contributed by atoms with E-state index in [1.54, 1.807) is 14.2 Å². The molecule has 3 aromatic rings. The minimum absolute atomic E-state index is 0.634. The van der Waals surface area contributed by atoms with Gasteiger partial charge in [0.15, 0.2) is 0 Å². The van der Waals surface area contributed by atoms with Crippen LogP contribution in [0.1, 0.15) is 0 Å². The van der Waals surface area contributed by atoms with Crippen molar-refractivity contribution in [3.05, 3.63) is 54.9 Å². The Labute approximate surface area is 140 Å². The van der Waals surface area contributed by atoms with Gasteiger partial charge in [-0.3, -0.25) is 0 Å². The Balaban J connectivity index is 1.95. The number of nitrogens with one attached hydrogen (secondary N) is 1. The maximum atomic E-state index is 6.02. The normalized spacial score (nSPS) is 10.2. The molecule has 3 N–H and O–H groups in total. The average molecular weight is 322 g/mol. The van der Waals surface area contributed by atoms with Gasteiger partial charge in [0.25, 0.3) is 0 Å². The molecule has 6 heteroatoms. The molecule has 122 valence electrons. The summed E-state index contributed by atoms with van der Waals surface area (Å²) in [6.07, 6.45) is 1.50. The lowest BCUT2D eigenvalue weighted by Crippen LogP contribution is -1.99. The van der Waals surface area contributed by atoms with Crippen LogP contribution in [0.5, 0.6) is 11.5 Å². The number of nitrogen functional groups attached to an aromatic ring is 1. The smallest absolute Gasteiger partial charge is 0.142 e. The van der Waals surface area contributed by atoms with E-state index in [2.05, 4.69) is 15.3 Å². The predicted molar refractivity (Wildman–Crippen MR) is 94.7 cm³/mol. The Hall–Kier alpha value is -3.28. The number of ether oxygens (including phenoxy) is 2. The molecular formula is C18H18N4O2. The van der Waals surface area contributed by atoms with Crippen molar-refractivity contribution in [2.75, 3.05) is 25.3 Å². The lowest BCUT2D eigenvalue weighted by Gasteiger charge is -2.13. The number of methoxy groups -OCH3 is 2. The first-order valence-corrected chi connectivity index (χ1v) is 7.37. The molecule has 24 heavy (non-hydrogen) atoms. The highest BCUT2D eigenvalue weighted by Crippen LogP contribution is 2.32. The number of hydrogen-bond donors (Lipinski definition) is 2. The largest absolute Gasteiger partial charge is 0.497 e. The molecule has 1 aromatic heterocycles. The molecule has 0 atom stereocenters. The molecule has 3 rings (SSSR count). The Morgan fingerprint density at radius 3 is 2.54 bits per heavy atom. The maximum Gasteiger partial charge on any atom is 0.142 e. The van der Waals surface area contributed by atoms with Crippen LogP contribution < -0.4 is 20.5 Å². The fourth-order valence-corrected chi connectivity index (χ4v) is 2.35. The zero-order valence-corrected chi connectivity index (χ0v) is 13.5. The molecule has 2 aromatic carbocycles. The topological polar surface area (TPSA) is 82.3 Å². The van der Waals surface area contributed by atoms with Gasteiger partial charge in [0.2, 0.25) is 0 Å². The van der Waals surface area contributed by atoms with Gasteiger partial charge in [-0.2, -0.15) is 0 Å². The van der Waals surface area contributed by atoms with E-state index in [-0.39, 0.29) is 0 Å². The van der Waals surface area contributed by atoms with Crippen LogP contribution in [0.3, 0.4) is 0 Å². The average Bonchev–Trinajstić information content (AvgIpc) is 2.62. The van der Waals surface area contributed by atoms with Gasteiger partial charge >= 0.3 is 0 Å². The number of nitrogens with two attached hydrogens (primary N) is 1. The van der Waals surface area contributed by atoms with E-state index in [0.717, 1.165) is 22.7 Å². The molecule has 0 saturated carbocycles. The van der Waals surface area contributed by atoms with Gasteiger partial charge in [-0.05, 0) is 18.2 Å². The molecule has 0 unspecified atom stereocenters. The Morgan fingerprint density at radius 2 is 1.79 bits per heavy atom.